The summed E-state index contributed by atoms with van der Waals surface area (Å²) in [4.78, 5) is 0. The molecule has 102 valence electrons. The van der Waals surface area contributed by atoms with Gasteiger partial charge in [0.2, 0.25) is 0 Å². The second-order valence-corrected chi connectivity index (χ2v) is 6.18. The van der Waals surface area contributed by atoms with Gasteiger partial charge >= 0.3 is 7.60 Å². The predicted octanol–water partition coefficient (Wildman–Crippen LogP) is 3.15. The van der Waals surface area contributed by atoms with Crippen molar-refractivity contribution in [3.63, 3.8) is 0 Å². The minimum Gasteiger partial charge on any atom is -0.398 e. The summed E-state index contributed by atoms with van der Waals surface area (Å²) < 4.78 is 22.9. The molecule has 1 rings (SSSR count). The van der Waals surface area contributed by atoms with Crippen molar-refractivity contribution in [1.29, 1.82) is 0 Å². The van der Waals surface area contributed by atoms with Crippen molar-refractivity contribution >= 4 is 24.9 Å². The molecule has 0 saturated heterocycles. The molecule has 0 aliphatic rings. The van der Waals surface area contributed by atoms with E-state index in [9.17, 15) is 4.57 Å². The fourth-order valence-corrected chi connectivity index (χ4v) is 3.39. The van der Waals surface area contributed by atoms with E-state index in [4.69, 9.17) is 32.1 Å². The first-order valence-corrected chi connectivity index (χ1v) is 7.62. The Morgan fingerprint density at radius 1 is 1.33 bits per heavy atom. The predicted molar refractivity (Wildman–Crippen MR) is 73.7 cm³/mol. The van der Waals surface area contributed by atoms with Gasteiger partial charge in [-0.1, -0.05) is 11.6 Å². The second kappa shape index (κ2) is 6.55. The lowest BCUT2D eigenvalue weighted by Crippen LogP contribution is -2.16. The summed E-state index contributed by atoms with van der Waals surface area (Å²) in [6.07, 6.45) is 0. The number of rotatable bonds is 6. The maximum atomic E-state index is 12.5. The Labute approximate surface area is 112 Å². The topological polar surface area (TPSA) is 87.6 Å². The van der Waals surface area contributed by atoms with Gasteiger partial charge in [-0.25, -0.2) is 0 Å². The van der Waals surface area contributed by atoms with Crippen LogP contribution in [0, 0.1) is 0 Å². The molecule has 0 heterocycles. The van der Waals surface area contributed by atoms with E-state index < -0.39 is 13.4 Å². The van der Waals surface area contributed by atoms with E-state index in [1.54, 1.807) is 32.0 Å². The van der Waals surface area contributed by atoms with Crippen molar-refractivity contribution in [2.45, 2.75) is 19.6 Å². The van der Waals surface area contributed by atoms with Crippen LogP contribution in [0.2, 0.25) is 5.02 Å². The molecule has 18 heavy (non-hydrogen) atoms. The summed E-state index contributed by atoms with van der Waals surface area (Å²) in [7, 11) is -3.44. The summed E-state index contributed by atoms with van der Waals surface area (Å²) >= 11 is 5.88. The van der Waals surface area contributed by atoms with Crippen LogP contribution in [0.25, 0.3) is 0 Å². The summed E-state index contributed by atoms with van der Waals surface area (Å²) in [5.41, 5.74) is 12.6. The van der Waals surface area contributed by atoms with Crippen molar-refractivity contribution in [2.24, 2.45) is 5.73 Å². The Kier molecular flexibility index (Phi) is 5.63. The lowest BCUT2D eigenvalue weighted by atomic mass is 10.2. The van der Waals surface area contributed by atoms with Crippen LogP contribution < -0.4 is 11.5 Å². The first-order valence-electron chi connectivity index (χ1n) is 5.64. The van der Waals surface area contributed by atoms with E-state index in [1.807, 2.05) is 0 Å². The zero-order valence-corrected chi connectivity index (χ0v) is 12.1. The summed E-state index contributed by atoms with van der Waals surface area (Å²) in [6, 6.07) is 4.82. The molecular formula is C11H18ClN2O3P. The van der Waals surface area contributed by atoms with Gasteiger partial charge in [0.25, 0.3) is 0 Å². The number of nitrogen functional groups attached to an aromatic ring is 1. The van der Waals surface area contributed by atoms with Gasteiger partial charge in [-0.05, 0) is 32.0 Å². The lowest BCUT2D eigenvalue weighted by molar-refractivity contribution is 0.212. The molecule has 4 N–H and O–H groups in total. The van der Waals surface area contributed by atoms with E-state index >= 15 is 0 Å². The van der Waals surface area contributed by atoms with Gasteiger partial charge in [0.15, 0.2) is 0 Å². The van der Waals surface area contributed by atoms with Crippen molar-refractivity contribution in [3.8, 4) is 0 Å². The van der Waals surface area contributed by atoms with Crippen LogP contribution >= 0.6 is 19.2 Å². The Morgan fingerprint density at radius 2 is 1.89 bits per heavy atom. The van der Waals surface area contributed by atoms with E-state index in [0.717, 1.165) is 0 Å². The zero-order valence-electron chi connectivity index (χ0n) is 10.4. The zero-order chi connectivity index (χ0) is 13.8. The van der Waals surface area contributed by atoms with Crippen molar-refractivity contribution in [2.75, 3.05) is 18.9 Å². The Morgan fingerprint density at radius 3 is 2.39 bits per heavy atom. The number of nitrogens with two attached hydrogens (primary N) is 2. The highest BCUT2D eigenvalue weighted by Gasteiger charge is 2.35. The van der Waals surface area contributed by atoms with Gasteiger partial charge in [0.1, 0.15) is 5.78 Å². The summed E-state index contributed by atoms with van der Waals surface area (Å²) in [5.74, 6) is -0.948. The second-order valence-electron chi connectivity index (χ2n) is 3.59. The number of hydrogen-bond acceptors (Lipinski definition) is 5. The molecule has 0 saturated carbocycles. The van der Waals surface area contributed by atoms with E-state index in [2.05, 4.69) is 0 Å². The average molecular weight is 293 g/mol. The third-order valence-electron chi connectivity index (χ3n) is 2.33. The quantitative estimate of drug-likeness (QED) is 0.621. The van der Waals surface area contributed by atoms with Gasteiger partial charge in [0, 0.05) is 16.3 Å². The van der Waals surface area contributed by atoms with Crippen molar-refractivity contribution in [1.82, 2.24) is 0 Å². The molecule has 0 aromatic heterocycles. The third kappa shape index (κ3) is 3.46. The van der Waals surface area contributed by atoms with Crippen LogP contribution in [-0.4, -0.2) is 13.2 Å². The molecule has 0 aliphatic carbocycles. The highest BCUT2D eigenvalue weighted by molar-refractivity contribution is 7.54. The summed E-state index contributed by atoms with van der Waals surface area (Å²) in [5, 5.41) is 0.467. The SMILES string of the molecule is CCOP(=O)(OCC)[C@@H](N)c1cc(Cl)ccc1N. The van der Waals surface area contributed by atoms with Crippen LogP contribution in [0.1, 0.15) is 25.2 Å². The molecule has 1 aromatic rings. The van der Waals surface area contributed by atoms with E-state index in [0.29, 0.717) is 16.3 Å². The molecule has 0 unspecified atom stereocenters. The average Bonchev–Trinajstić information content (AvgIpc) is 2.32. The van der Waals surface area contributed by atoms with E-state index in [1.165, 1.54) is 0 Å². The molecule has 0 radical (unpaired) electrons. The monoisotopic (exact) mass is 292 g/mol. The minimum absolute atomic E-state index is 0.242. The number of halogens is 1. The largest absolute Gasteiger partial charge is 0.398 e. The van der Waals surface area contributed by atoms with Crippen molar-refractivity contribution in [3.05, 3.63) is 28.8 Å². The highest BCUT2D eigenvalue weighted by Crippen LogP contribution is 2.59. The Bertz CT molecular complexity index is 446. The highest BCUT2D eigenvalue weighted by atomic mass is 35.5. The number of hydrogen-bond donors (Lipinski definition) is 2. The molecule has 0 aliphatic heterocycles. The van der Waals surface area contributed by atoms with Gasteiger partial charge in [-0.3, -0.25) is 4.57 Å². The first kappa shape index (κ1) is 15.5. The summed E-state index contributed by atoms with van der Waals surface area (Å²) in [6.45, 7) is 3.93. The number of anilines is 1. The fourth-order valence-electron chi connectivity index (χ4n) is 1.53. The van der Waals surface area contributed by atoms with E-state index in [-0.39, 0.29) is 13.2 Å². The Balaban J connectivity index is 3.13. The molecule has 0 fully saturated rings. The minimum atomic E-state index is -3.44. The van der Waals surface area contributed by atoms with Crippen molar-refractivity contribution < 1.29 is 13.6 Å². The molecule has 0 spiro atoms. The maximum absolute atomic E-state index is 12.5. The van der Waals surface area contributed by atoms with Gasteiger partial charge < -0.3 is 20.5 Å². The molecule has 1 atom stereocenters. The van der Waals surface area contributed by atoms with Gasteiger partial charge in [0.05, 0.1) is 13.2 Å². The molecular weight excluding hydrogens is 275 g/mol. The smallest absolute Gasteiger partial charge is 0.351 e. The van der Waals surface area contributed by atoms with Crippen LogP contribution in [0.3, 0.4) is 0 Å². The van der Waals surface area contributed by atoms with Crippen LogP contribution in [0.4, 0.5) is 5.69 Å². The lowest BCUT2D eigenvalue weighted by Gasteiger charge is -2.24. The molecule has 7 heteroatoms. The molecule has 0 amide bonds. The molecule has 1 aromatic carbocycles. The normalized spacial score (nSPS) is 13.6. The number of benzene rings is 1. The van der Waals surface area contributed by atoms with Gasteiger partial charge in [-0.15, -0.1) is 0 Å². The fraction of sp³-hybridized carbons (Fsp3) is 0.455. The first-order chi connectivity index (χ1) is 8.44. The standard InChI is InChI=1S/C11H18ClN2O3P/c1-3-16-18(15,17-4-2)11(14)9-7-8(12)5-6-10(9)13/h5-7,11H,3-4,13-14H2,1-2H3/t11-/m1/s1. The third-order valence-corrected chi connectivity index (χ3v) is 4.76. The maximum Gasteiger partial charge on any atom is 0.351 e. The molecule has 0 bridgehead atoms. The Hall–Kier alpha value is -0.580. The van der Waals surface area contributed by atoms with Crippen LogP contribution in [0.5, 0.6) is 0 Å². The van der Waals surface area contributed by atoms with Gasteiger partial charge in [-0.2, -0.15) is 0 Å². The molecule has 5 nitrogen and oxygen atoms in total. The van der Waals surface area contributed by atoms with Crippen LogP contribution in [0.15, 0.2) is 18.2 Å². The van der Waals surface area contributed by atoms with Crippen LogP contribution in [-0.2, 0) is 13.6 Å².